The van der Waals surface area contributed by atoms with Crippen molar-refractivity contribution >= 4 is 11.8 Å². The fourth-order valence-electron chi connectivity index (χ4n) is 4.16. The van der Waals surface area contributed by atoms with E-state index in [-0.39, 0.29) is 11.0 Å². The number of carboxylic acids is 1. The zero-order valence-electron chi connectivity index (χ0n) is 18.0. The number of hydrogen-bond donors (Lipinski definition) is 1. The minimum atomic E-state index is -5.08. The van der Waals surface area contributed by atoms with Crippen LogP contribution in [0.5, 0.6) is 0 Å². The highest BCUT2D eigenvalue weighted by Gasteiger charge is 2.47. The Morgan fingerprint density at radius 1 is 1.03 bits per heavy atom. The normalized spacial score (nSPS) is 19.0. The summed E-state index contributed by atoms with van der Waals surface area (Å²) in [6.45, 7) is 4.26. The van der Waals surface area contributed by atoms with Crippen molar-refractivity contribution in [3.8, 4) is 11.3 Å². The summed E-state index contributed by atoms with van der Waals surface area (Å²) in [5, 5.41) is 24.4. The van der Waals surface area contributed by atoms with Crippen LogP contribution in [0.25, 0.3) is 11.3 Å². The molecule has 3 aromatic rings. The van der Waals surface area contributed by atoms with E-state index in [9.17, 15) is 18.0 Å². The number of halogens is 3. The molecular weight excluding hydrogens is 455 g/mol. The molecule has 1 unspecified atom stereocenters. The van der Waals surface area contributed by atoms with Crippen LogP contribution in [0.4, 0.5) is 19.0 Å². The Hall–Kier alpha value is -3.90. The second-order valence-corrected chi connectivity index (χ2v) is 8.10. The van der Waals surface area contributed by atoms with Crippen LogP contribution >= 0.6 is 0 Å². The van der Waals surface area contributed by atoms with Crippen LogP contribution in [0, 0.1) is 6.92 Å². The topological polar surface area (TPSA) is 127 Å². The van der Waals surface area contributed by atoms with Crippen LogP contribution in [-0.4, -0.2) is 60.3 Å². The number of nitrogens with zero attached hydrogens (tertiary/aromatic N) is 7. The fraction of sp³-hybridized carbons (Fsp3) is 0.381. The molecule has 1 spiro atoms. The Kier molecular flexibility index (Phi) is 6.02. The lowest BCUT2D eigenvalue weighted by molar-refractivity contribution is -0.192. The molecule has 0 aliphatic carbocycles. The highest BCUT2D eigenvalue weighted by molar-refractivity contribution is 5.73. The van der Waals surface area contributed by atoms with Crippen molar-refractivity contribution in [2.45, 2.75) is 37.9 Å². The summed E-state index contributed by atoms with van der Waals surface area (Å²) in [6.07, 6.45) is 0.0678. The molecule has 2 aliphatic heterocycles. The van der Waals surface area contributed by atoms with Crippen molar-refractivity contribution in [1.82, 2.24) is 29.9 Å². The van der Waals surface area contributed by atoms with Crippen LogP contribution < -0.4 is 10.5 Å². The molecule has 0 amide bonds. The first-order valence-corrected chi connectivity index (χ1v) is 10.3. The van der Waals surface area contributed by atoms with E-state index >= 15 is 0 Å². The first kappa shape index (κ1) is 23.3. The van der Waals surface area contributed by atoms with Crippen LogP contribution in [0.15, 0.2) is 41.5 Å². The number of fused-ring (bicyclic) bond motifs is 2. The van der Waals surface area contributed by atoms with Gasteiger partial charge in [-0.1, -0.05) is 0 Å². The summed E-state index contributed by atoms with van der Waals surface area (Å²) >= 11 is 0. The first-order chi connectivity index (χ1) is 16.1. The predicted octanol–water partition coefficient (Wildman–Crippen LogP) is 1.98. The van der Waals surface area contributed by atoms with Gasteiger partial charge in [-0.15, -0.1) is 15.3 Å². The second-order valence-electron chi connectivity index (χ2n) is 8.10. The van der Waals surface area contributed by atoms with Gasteiger partial charge in [0, 0.05) is 37.6 Å². The van der Waals surface area contributed by atoms with E-state index in [2.05, 4.69) is 30.3 Å². The zero-order chi connectivity index (χ0) is 24.5. The summed E-state index contributed by atoms with van der Waals surface area (Å²) in [5.41, 5.74) is 1.82. The van der Waals surface area contributed by atoms with Gasteiger partial charge in [0.1, 0.15) is 5.82 Å². The Balaban J connectivity index is 0.000000344. The maximum atomic E-state index is 13.0. The number of pyridine rings is 1. The van der Waals surface area contributed by atoms with E-state index in [4.69, 9.17) is 9.90 Å². The zero-order valence-corrected chi connectivity index (χ0v) is 18.0. The highest BCUT2D eigenvalue weighted by atomic mass is 19.4. The van der Waals surface area contributed by atoms with E-state index in [0.717, 1.165) is 48.8 Å². The largest absolute Gasteiger partial charge is 0.490 e. The van der Waals surface area contributed by atoms with Crippen molar-refractivity contribution in [3.63, 3.8) is 0 Å². The maximum absolute atomic E-state index is 13.0. The molecule has 0 radical (unpaired) electrons. The van der Waals surface area contributed by atoms with Crippen LogP contribution in [0.1, 0.15) is 24.4 Å². The van der Waals surface area contributed by atoms with E-state index in [0.29, 0.717) is 12.2 Å². The summed E-state index contributed by atoms with van der Waals surface area (Å²) in [4.78, 5) is 28.1. The Bertz CT molecular complexity index is 1250. The van der Waals surface area contributed by atoms with Crippen molar-refractivity contribution < 1.29 is 23.1 Å². The molecule has 3 aromatic heterocycles. The molecule has 0 bridgehead atoms. The lowest BCUT2D eigenvalue weighted by Gasteiger charge is -2.23. The Labute approximate surface area is 191 Å². The fourth-order valence-corrected chi connectivity index (χ4v) is 4.16. The van der Waals surface area contributed by atoms with E-state index < -0.39 is 12.1 Å². The van der Waals surface area contributed by atoms with Gasteiger partial charge < -0.3 is 10.0 Å². The molecule has 10 nitrogen and oxygen atoms in total. The number of carbonyl (C=O) groups is 1. The number of anilines is 1. The lowest BCUT2D eigenvalue weighted by Crippen LogP contribution is -2.33. The summed E-state index contributed by atoms with van der Waals surface area (Å²) < 4.78 is 33.5. The molecule has 5 heterocycles. The quantitative estimate of drug-likeness (QED) is 0.592. The van der Waals surface area contributed by atoms with Gasteiger partial charge in [0.25, 0.3) is 5.56 Å². The minimum Gasteiger partial charge on any atom is -0.475 e. The van der Waals surface area contributed by atoms with Crippen molar-refractivity contribution in [2.75, 3.05) is 18.0 Å². The molecule has 5 rings (SSSR count). The molecule has 2 aliphatic rings. The van der Waals surface area contributed by atoms with E-state index in [1.807, 2.05) is 19.1 Å². The molecular formula is C21H20F3N7O3. The third-order valence-corrected chi connectivity index (χ3v) is 5.89. The van der Waals surface area contributed by atoms with Gasteiger partial charge in [-0.2, -0.15) is 18.3 Å². The number of alkyl halides is 3. The molecule has 1 fully saturated rings. The smallest absolute Gasteiger partial charge is 0.475 e. The average Bonchev–Trinajstić information content (AvgIpc) is 3.40. The third kappa shape index (κ3) is 4.45. The molecule has 13 heteroatoms. The van der Waals surface area contributed by atoms with Crippen molar-refractivity contribution in [3.05, 3.63) is 58.5 Å². The molecule has 0 aromatic carbocycles. The Morgan fingerprint density at radius 2 is 1.71 bits per heavy atom. The van der Waals surface area contributed by atoms with E-state index in [1.54, 1.807) is 29.1 Å². The second kappa shape index (κ2) is 8.80. The van der Waals surface area contributed by atoms with Crippen molar-refractivity contribution in [1.29, 1.82) is 0 Å². The van der Waals surface area contributed by atoms with E-state index in [1.165, 1.54) is 0 Å². The summed E-state index contributed by atoms with van der Waals surface area (Å²) in [5.74, 6) is -1.08. The minimum absolute atomic E-state index is 0.0725. The number of aliphatic carboxylic acids is 1. The molecule has 1 atom stereocenters. The molecule has 178 valence electrons. The number of carboxylic acid groups (broad SMARTS) is 1. The molecule has 1 saturated heterocycles. The number of aromatic nitrogens is 6. The molecule has 0 saturated carbocycles. The lowest BCUT2D eigenvalue weighted by atomic mass is 9.85. The van der Waals surface area contributed by atoms with Gasteiger partial charge in [-0.25, -0.2) is 4.79 Å². The number of aryl methyl sites for hydroxylation is 1. The molecule has 34 heavy (non-hydrogen) atoms. The average molecular weight is 475 g/mol. The van der Waals surface area contributed by atoms with Crippen LogP contribution in [-0.2, 0) is 16.8 Å². The van der Waals surface area contributed by atoms with Gasteiger partial charge in [0.15, 0.2) is 11.5 Å². The van der Waals surface area contributed by atoms with Gasteiger partial charge in [0.2, 0.25) is 0 Å². The standard InChI is InChI=1S/C19H19N7O.C2HF3O2/c1-13-2-3-15(22-21-13)25-10-6-19(12-25)7-11-26-17(27)16(23-24-18(19)26)14-4-8-20-9-5-14;3-2(4,5)1(6)7/h2-5,8-9H,6-7,10-12H2,1H3;(H,6,7). The van der Waals surface area contributed by atoms with Crippen LogP contribution in [0.3, 0.4) is 0 Å². The van der Waals surface area contributed by atoms with Gasteiger partial charge >= 0.3 is 12.1 Å². The Morgan fingerprint density at radius 3 is 2.32 bits per heavy atom. The van der Waals surface area contributed by atoms with Gasteiger partial charge in [-0.05, 0) is 44.0 Å². The third-order valence-electron chi connectivity index (χ3n) is 5.89. The highest BCUT2D eigenvalue weighted by Crippen LogP contribution is 2.41. The van der Waals surface area contributed by atoms with Crippen molar-refractivity contribution in [2.24, 2.45) is 0 Å². The number of rotatable bonds is 2. The monoisotopic (exact) mass is 475 g/mol. The van der Waals surface area contributed by atoms with Gasteiger partial charge in [0.05, 0.1) is 11.1 Å². The summed E-state index contributed by atoms with van der Waals surface area (Å²) in [7, 11) is 0. The molecule has 1 N–H and O–H groups in total. The maximum Gasteiger partial charge on any atom is 0.490 e. The predicted molar refractivity (Wildman–Crippen MR) is 113 cm³/mol. The SMILES string of the molecule is Cc1ccc(N2CCC3(CCn4c3nnc(-c3ccncc3)c4=O)C2)nn1.O=C(O)C(F)(F)F. The van der Waals surface area contributed by atoms with Gasteiger partial charge in [-0.3, -0.25) is 14.3 Å². The first-order valence-electron chi connectivity index (χ1n) is 10.3. The summed E-state index contributed by atoms with van der Waals surface area (Å²) in [6, 6.07) is 7.55. The van der Waals surface area contributed by atoms with Crippen LogP contribution in [0.2, 0.25) is 0 Å². The number of hydrogen-bond acceptors (Lipinski definition) is 8.